The third-order valence-corrected chi connectivity index (χ3v) is 6.78. The number of likely N-dealkylation sites (tertiary alicyclic amines) is 1. The first-order chi connectivity index (χ1) is 15.3. The summed E-state index contributed by atoms with van der Waals surface area (Å²) in [5.74, 6) is 2.05. The van der Waals surface area contributed by atoms with Gasteiger partial charge in [-0.2, -0.15) is 0 Å². The molecule has 32 heavy (non-hydrogen) atoms. The second kappa shape index (κ2) is 9.02. The highest BCUT2D eigenvalue weighted by Crippen LogP contribution is 2.40. The van der Waals surface area contributed by atoms with Gasteiger partial charge in [0.1, 0.15) is 22.8 Å². The summed E-state index contributed by atoms with van der Waals surface area (Å²) in [6.07, 6.45) is 1.93. The van der Waals surface area contributed by atoms with Crippen LogP contribution in [0.15, 0.2) is 30.3 Å². The van der Waals surface area contributed by atoms with Crippen molar-refractivity contribution in [2.45, 2.75) is 45.1 Å². The zero-order chi connectivity index (χ0) is 22.9. The Balaban J connectivity index is 1.30. The number of carbonyl (C=O) groups is 2. The molecule has 1 atom stereocenters. The van der Waals surface area contributed by atoms with E-state index >= 15 is 0 Å². The van der Waals surface area contributed by atoms with Crippen molar-refractivity contribution in [1.82, 2.24) is 4.90 Å². The summed E-state index contributed by atoms with van der Waals surface area (Å²) in [4.78, 5) is 27.3. The number of methoxy groups -OCH3 is 1. The molecule has 2 heterocycles. The standard InChI is InChI=1S/C25H28ClNO5/c1-16-11-19(12-17(2)24(16)26)31-10-4-5-23(29)27-9-8-25(15-27)14-21(28)20-13-18(30-3)6-7-22(20)32-25/h6-7,11-13H,4-5,8-10,14-15H2,1-3H3. The van der Waals surface area contributed by atoms with E-state index in [4.69, 9.17) is 25.8 Å². The number of fused-ring (bicyclic) bond motifs is 1. The number of ether oxygens (including phenoxy) is 3. The van der Waals surface area contributed by atoms with Crippen LogP contribution in [0.2, 0.25) is 5.02 Å². The third kappa shape index (κ3) is 4.56. The smallest absolute Gasteiger partial charge is 0.222 e. The van der Waals surface area contributed by atoms with Gasteiger partial charge in [-0.15, -0.1) is 0 Å². The van der Waals surface area contributed by atoms with Gasteiger partial charge in [0.15, 0.2) is 5.78 Å². The molecule has 1 unspecified atom stereocenters. The average molecular weight is 458 g/mol. The molecule has 4 rings (SSSR count). The summed E-state index contributed by atoms with van der Waals surface area (Å²) in [6, 6.07) is 9.09. The fourth-order valence-corrected chi connectivity index (χ4v) is 4.56. The van der Waals surface area contributed by atoms with E-state index in [9.17, 15) is 9.59 Å². The lowest BCUT2D eigenvalue weighted by Crippen LogP contribution is -2.45. The number of hydrogen-bond donors (Lipinski definition) is 0. The molecule has 170 valence electrons. The number of Topliss-reactive ketones (excluding diaryl/α,β-unsaturated/α-hetero) is 1. The lowest BCUT2D eigenvalue weighted by atomic mass is 9.89. The molecule has 1 fully saturated rings. The van der Waals surface area contributed by atoms with Crippen molar-refractivity contribution in [2.24, 2.45) is 0 Å². The lowest BCUT2D eigenvalue weighted by Gasteiger charge is -2.34. The monoisotopic (exact) mass is 457 g/mol. The van der Waals surface area contributed by atoms with E-state index in [2.05, 4.69) is 0 Å². The summed E-state index contributed by atoms with van der Waals surface area (Å²) in [7, 11) is 1.57. The van der Waals surface area contributed by atoms with Crippen molar-refractivity contribution in [1.29, 1.82) is 0 Å². The number of rotatable bonds is 6. The Kier molecular flexibility index (Phi) is 6.33. The lowest BCUT2D eigenvalue weighted by molar-refractivity contribution is -0.131. The van der Waals surface area contributed by atoms with Crippen molar-refractivity contribution in [2.75, 3.05) is 26.8 Å². The first kappa shape index (κ1) is 22.5. The summed E-state index contributed by atoms with van der Waals surface area (Å²) in [5, 5.41) is 0.751. The number of carbonyl (C=O) groups excluding carboxylic acids is 2. The summed E-state index contributed by atoms with van der Waals surface area (Å²) in [6.45, 7) is 5.37. The normalized spacial score (nSPS) is 19.6. The van der Waals surface area contributed by atoms with Gasteiger partial charge in [0.05, 0.1) is 32.2 Å². The fourth-order valence-electron chi connectivity index (χ4n) is 4.45. The minimum absolute atomic E-state index is 0.0291. The highest BCUT2D eigenvalue weighted by atomic mass is 35.5. The number of amides is 1. The topological polar surface area (TPSA) is 65.1 Å². The Morgan fingerprint density at radius 3 is 2.66 bits per heavy atom. The van der Waals surface area contributed by atoms with Crippen LogP contribution in [0.4, 0.5) is 0 Å². The first-order valence-electron chi connectivity index (χ1n) is 10.9. The number of nitrogens with zero attached hydrogens (tertiary/aromatic N) is 1. The summed E-state index contributed by atoms with van der Waals surface area (Å²) >= 11 is 6.19. The van der Waals surface area contributed by atoms with Crippen molar-refractivity contribution in [3.63, 3.8) is 0 Å². The number of halogens is 1. The van der Waals surface area contributed by atoms with Crippen LogP contribution < -0.4 is 14.2 Å². The van der Waals surface area contributed by atoms with Gasteiger partial charge in [0.2, 0.25) is 5.91 Å². The van der Waals surface area contributed by atoms with Crippen LogP contribution in [0.5, 0.6) is 17.2 Å². The van der Waals surface area contributed by atoms with Crippen LogP contribution in [-0.2, 0) is 4.79 Å². The van der Waals surface area contributed by atoms with Gasteiger partial charge in [-0.25, -0.2) is 0 Å². The van der Waals surface area contributed by atoms with Gasteiger partial charge in [0.25, 0.3) is 0 Å². The second-order valence-corrected chi connectivity index (χ2v) is 9.01. The Morgan fingerprint density at radius 1 is 1.19 bits per heavy atom. The molecule has 0 bridgehead atoms. The largest absolute Gasteiger partial charge is 0.497 e. The maximum Gasteiger partial charge on any atom is 0.222 e. The molecular weight excluding hydrogens is 430 g/mol. The van der Waals surface area contributed by atoms with Crippen molar-refractivity contribution in [3.8, 4) is 17.2 Å². The van der Waals surface area contributed by atoms with Crippen molar-refractivity contribution >= 4 is 23.3 Å². The molecule has 0 N–H and O–H groups in total. The maximum absolute atomic E-state index is 12.7. The van der Waals surface area contributed by atoms with E-state index in [1.54, 1.807) is 30.2 Å². The van der Waals surface area contributed by atoms with Gasteiger partial charge in [-0.3, -0.25) is 9.59 Å². The third-order valence-electron chi connectivity index (χ3n) is 6.18. The molecule has 0 aromatic heterocycles. The van der Waals surface area contributed by atoms with Gasteiger partial charge in [0, 0.05) is 24.4 Å². The summed E-state index contributed by atoms with van der Waals surface area (Å²) in [5.41, 5.74) is 1.86. The van der Waals surface area contributed by atoms with Crippen LogP contribution in [0.1, 0.15) is 47.2 Å². The number of hydrogen-bond acceptors (Lipinski definition) is 5. The Morgan fingerprint density at radius 2 is 1.94 bits per heavy atom. The molecule has 7 heteroatoms. The van der Waals surface area contributed by atoms with Crippen LogP contribution in [0.3, 0.4) is 0 Å². The number of ketones is 1. The minimum Gasteiger partial charge on any atom is -0.497 e. The maximum atomic E-state index is 12.7. The van der Waals surface area contributed by atoms with E-state index in [-0.39, 0.29) is 18.1 Å². The molecule has 2 aliphatic rings. The number of benzene rings is 2. The predicted molar refractivity (Wildman–Crippen MR) is 122 cm³/mol. The van der Waals surface area contributed by atoms with Gasteiger partial charge >= 0.3 is 0 Å². The van der Waals surface area contributed by atoms with Crippen LogP contribution in [0, 0.1) is 13.8 Å². The van der Waals surface area contributed by atoms with E-state index in [1.807, 2.05) is 26.0 Å². The van der Waals surface area contributed by atoms with E-state index in [1.165, 1.54) is 0 Å². The molecular formula is C25H28ClNO5. The second-order valence-electron chi connectivity index (χ2n) is 8.64. The molecule has 6 nitrogen and oxygen atoms in total. The van der Waals surface area contributed by atoms with Crippen LogP contribution in [-0.4, -0.2) is 49.0 Å². The molecule has 1 amide bonds. The molecule has 0 radical (unpaired) electrons. The van der Waals surface area contributed by atoms with E-state index in [0.29, 0.717) is 56.0 Å². The molecule has 2 aromatic rings. The predicted octanol–water partition coefficient (Wildman–Crippen LogP) is 4.76. The molecule has 1 spiro atoms. The van der Waals surface area contributed by atoms with Gasteiger partial charge in [-0.1, -0.05) is 11.6 Å². The Hall–Kier alpha value is -2.73. The van der Waals surface area contributed by atoms with Crippen molar-refractivity contribution < 1.29 is 23.8 Å². The SMILES string of the molecule is COc1ccc2c(c1)C(=O)CC1(CCN(C(=O)CCCOc3cc(C)c(Cl)c(C)c3)C1)O2. The average Bonchev–Trinajstić information content (AvgIpc) is 3.17. The quantitative estimate of drug-likeness (QED) is 0.585. The van der Waals surface area contributed by atoms with Crippen LogP contribution in [0.25, 0.3) is 0 Å². The first-order valence-corrected chi connectivity index (χ1v) is 11.3. The zero-order valence-electron chi connectivity index (χ0n) is 18.7. The highest BCUT2D eigenvalue weighted by molar-refractivity contribution is 6.32. The van der Waals surface area contributed by atoms with E-state index in [0.717, 1.165) is 21.9 Å². The highest BCUT2D eigenvalue weighted by Gasteiger charge is 2.46. The van der Waals surface area contributed by atoms with E-state index < -0.39 is 5.60 Å². The molecule has 0 aliphatic carbocycles. The Bertz CT molecular complexity index is 1030. The molecule has 1 saturated heterocycles. The van der Waals surface area contributed by atoms with Gasteiger partial charge < -0.3 is 19.1 Å². The van der Waals surface area contributed by atoms with Crippen LogP contribution >= 0.6 is 11.6 Å². The number of aryl methyl sites for hydroxylation is 2. The minimum atomic E-state index is -0.636. The molecule has 2 aliphatic heterocycles. The zero-order valence-corrected chi connectivity index (χ0v) is 19.5. The Labute approximate surface area is 193 Å². The molecule has 0 saturated carbocycles. The fraction of sp³-hybridized carbons (Fsp3) is 0.440. The van der Waals surface area contributed by atoms with Gasteiger partial charge in [-0.05, 0) is 61.7 Å². The van der Waals surface area contributed by atoms with Crippen molar-refractivity contribution in [3.05, 3.63) is 52.0 Å². The molecule has 2 aromatic carbocycles. The summed E-state index contributed by atoms with van der Waals surface area (Å²) < 4.78 is 17.3.